The third-order valence-corrected chi connectivity index (χ3v) is 5.08. The van der Waals surface area contributed by atoms with Crippen molar-refractivity contribution in [3.8, 4) is 22.6 Å². The molecule has 8 nitrogen and oxygen atoms in total. The van der Waals surface area contributed by atoms with Crippen molar-refractivity contribution >= 4 is 5.95 Å². The first-order chi connectivity index (χ1) is 13.8. The normalized spacial score (nSPS) is 14.9. The summed E-state index contributed by atoms with van der Waals surface area (Å²) in [6, 6.07) is 8.38. The van der Waals surface area contributed by atoms with Crippen molar-refractivity contribution in [2.75, 3.05) is 5.73 Å². The van der Waals surface area contributed by atoms with E-state index >= 15 is 0 Å². The van der Waals surface area contributed by atoms with Crippen molar-refractivity contribution in [3.63, 3.8) is 0 Å². The van der Waals surface area contributed by atoms with Crippen LogP contribution >= 0.6 is 0 Å². The zero-order valence-corrected chi connectivity index (χ0v) is 15.1. The van der Waals surface area contributed by atoms with Gasteiger partial charge >= 0.3 is 0 Å². The second-order valence-electron chi connectivity index (χ2n) is 7.13. The first kappa shape index (κ1) is 16.6. The molecule has 1 fully saturated rings. The smallest absolute Gasteiger partial charge is 0.261 e. The third-order valence-electron chi connectivity index (χ3n) is 5.08. The van der Waals surface area contributed by atoms with Gasteiger partial charge in [0.05, 0.1) is 11.8 Å². The van der Waals surface area contributed by atoms with Gasteiger partial charge in [0.1, 0.15) is 0 Å². The number of aromatic nitrogens is 6. The highest BCUT2D eigenvalue weighted by atomic mass is 16.5. The van der Waals surface area contributed by atoms with E-state index in [4.69, 9.17) is 10.3 Å². The SMILES string of the molecule is Nc1ncc(-c2ccc(C(CC3CC3)c3noc(-c4cn[nH]c4)n3)cc2)cn1. The minimum Gasteiger partial charge on any atom is -0.368 e. The fraction of sp³-hybridized carbons (Fsp3) is 0.250. The Morgan fingerprint density at radius 2 is 1.82 bits per heavy atom. The fourth-order valence-electron chi connectivity index (χ4n) is 3.33. The molecule has 0 spiro atoms. The van der Waals surface area contributed by atoms with Gasteiger partial charge in [0.15, 0.2) is 5.82 Å². The van der Waals surface area contributed by atoms with Crippen molar-refractivity contribution in [2.45, 2.75) is 25.2 Å². The Kier molecular flexibility index (Phi) is 4.08. The molecule has 5 rings (SSSR count). The quantitative estimate of drug-likeness (QED) is 0.531. The van der Waals surface area contributed by atoms with Crippen LogP contribution in [-0.2, 0) is 0 Å². The van der Waals surface area contributed by atoms with Crippen molar-refractivity contribution in [2.24, 2.45) is 5.92 Å². The molecular weight excluding hydrogens is 354 g/mol. The molecule has 3 aromatic heterocycles. The van der Waals surface area contributed by atoms with E-state index in [1.54, 1.807) is 24.8 Å². The number of hydrogen-bond donors (Lipinski definition) is 2. The van der Waals surface area contributed by atoms with Crippen molar-refractivity contribution < 1.29 is 4.52 Å². The summed E-state index contributed by atoms with van der Waals surface area (Å²) >= 11 is 0. The summed E-state index contributed by atoms with van der Waals surface area (Å²) in [6.45, 7) is 0. The van der Waals surface area contributed by atoms with E-state index in [0.717, 1.165) is 29.0 Å². The molecule has 0 saturated heterocycles. The molecule has 1 aromatic carbocycles. The molecule has 3 heterocycles. The van der Waals surface area contributed by atoms with Gasteiger partial charge in [-0.25, -0.2) is 9.97 Å². The molecule has 4 aromatic rings. The van der Waals surface area contributed by atoms with E-state index in [1.165, 1.54) is 18.4 Å². The molecule has 1 atom stereocenters. The summed E-state index contributed by atoms with van der Waals surface area (Å²) in [6.07, 6.45) is 10.4. The molecule has 1 unspecified atom stereocenters. The average molecular weight is 373 g/mol. The van der Waals surface area contributed by atoms with Crippen LogP contribution in [0.3, 0.4) is 0 Å². The molecule has 0 radical (unpaired) electrons. The van der Waals surface area contributed by atoms with Crippen LogP contribution in [0.5, 0.6) is 0 Å². The largest absolute Gasteiger partial charge is 0.368 e. The summed E-state index contributed by atoms with van der Waals surface area (Å²) in [5, 5.41) is 11.0. The molecule has 140 valence electrons. The zero-order chi connectivity index (χ0) is 18.9. The highest BCUT2D eigenvalue weighted by Crippen LogP contribution is 2.41. The molecule has 0 aliphatic heterocycles. The van der Waals surface area contributed by atoms with Gasteiger partial charge in [-0.05, 0) is 23.5 Å². The van der Waals surface area contributed by atoms with Crippen LogP contribution in [0.25, 0.3) is 22.6 Å². The van der Waals surface area contributed by atoms with E-state index in [2.05, 4.69) is 54.6 Å². The lowest BCUT2D eigenvalue weighted by Gasteiger charge is -2.14. The number of rotatable bonds is 6. The second kappa shape index (κ2) is 6.88. The Hall–Kier alpha value is -3.55. The Morgan fingerprint density at radius 3 is 2.50 bits per heavy atom. The van der Waals surface area contributed by atoms with Crippen LogP contribution < -0.4 is 5.73 Å². The van der Waals surface area contributed by atoms with Crippen molar-refractivity contribution in [3.05, 3.63) is 60.4 Å². The van der Waals surface area contributed by atoms with Crippen LogP contribution in [0.1, 0.15) is 36.6 Å². The molecule has 0 bridgehead atoms. The maximum Gasteiger partial charge on any atom is 0.261 e. The molecule has 0 amide bonds. The van der Waals surface area contributed by atoms with Crippen molar-refractivity contribution in [1.29, 1.82) is 0 Å². The van der Waals surface area contributed by atoms with E-state index < -0.39 is 0 Å². The topological polar surface area (TPSA) is 119 Å². The number of H-pyrrole nitrogens is 1. The lowest BCUT2D eigenvalue weighted by molar-refractivity contribution is 0.416. The van der Waals surface area contributed by atoms with Crippen LogP contribution in [0.2, 0.25) is 0 Å². The van der Waals surface area contributed by atoms with Gasteiger partial charge in [-0.2, -0.15) is 10.1 Å². The number of nitrogens with zero attached hydrogens (tertiary/aromatic N) is 5. The van der Waals surface area contributed by atoms with Crippen LogP contribution in [0.4, 0.5) is 5.95 Å². The Morgan fingerprint density at radius 1 is 1.04 bits per heavy atom. The van der Waals surface area contributed by atoms with Crippen LogP contribution in [0.15, 0.2) is 53.6 Å². The number of benzene rings is 1. The molecule has 8 heteroatoms. The summed E-state index contributed by atoms with van der Waals surface area (Å²) in [4.78, 5) is 12.8. The summed E-state index contributed by atoms with van der Waals surface area (Å²) in [7, 11) is 0. The highest BCUT2D eigenvalue weighted by molar-refractivity contribution is 5.62. The van der Waals surface area contributed by atoms with Gasteiger partial charge in [-0.3, -0.25) is 5.10 Å². The lowest BCUT2D eigenvalue weighted by Crippen LogP contribution is -2.05. The van der Waals surface area contributed by atoms with Gasteiger partial charge in [0.2, 0.25) is 5.95 Å². The minimum atomic E-state index is 0.105. The zero-order valence-electron chi connectivity index (χ0n) is 15.1. The average Bonchev–Trinajstić information content (AvgIpc) is 3.18. The highest BCUT2D eigenvalue weighted by Gasteiger charge is 2.30. The number of nitrogens with two attached hydrogens (primary N) is 1. The van der Waals surface area contributed by atoms with Gasteiger partial charge in [0.25, 0.3) is 5.89 Å². The number of anilines is 1. The van der Waals surface area contributed by atoms with Gasteiger partial charge < -0.3 is 10.3 Å². The Labute approximate surface area is 161 Å². The molecule has 3 N–H and O–H groups in total. The van der Waals surface area contributed by atoms with Gasteiger partial charge in [-0.1, -0.05) is 42.3 Å². The molecule has 1 aliphatic carbocycles. The van der Waals surface area contributed by atoms with Gasteiger partial charge in [0, 0.05) is 30.1 Å². The van der Waals surface area contributed by atoms with Gasteiger partial charge in [-0.15, -0.1) is 0 Å². The van der Waals surface area contributed by atoms with Crippen LogP contribution in [-0.4, -0.2) is 30.3 Å². The monoisotopic (exact) mass is 373 g/mol. The van der Waals surface area contributed by atoms with Crippen LogP contribution in [0, 0.1) is 5.92 Å². The molecule has 1 saturated carbocycles. The Bertz CT molecular complexity index is 1050. The third kappa shape index (κ3) is 3.36. The maximum absolute atomic E-state index is 5.57. The number of hydrogen-bond acceptors (Lipinski definition) is 7. The lowest BCUT2D eigenvalue weighted by atomic mass is 9.91. The van der Waals surface area contributed by atoms with E-state index in [0.29, 0.717) is 11.7 Å². The second-order valence-corrected chi connectivity index (χ2v) is 7.13. The molecule has 28 heavy (non-hydrogen) atoms. The standard InChI is InChI=1S/C20H19N7O/c21-20-22-8-15(9-23-20)13-3-5-14(6-4-13)17(7-12-1-2-12)18-26-19(28-27-18)16-10-24-25-11-16/h3-6,8-12,17H,1-2,7H2,(H,24,25)(H2,21,22,23). The summed E-state index contributed by atoms with van der Waals surface area (Å²) in [5.74, 6) is 2.31. The number of aromatic amines is 1. The number of nitrogen functional groups attached to an aromatic ring is 1. The minimum absolute atomic E-state index is 0.105. The van der Waals surface area contributed by atoms with E-state index in [9.17, 15) is 0 Å². The Balaban J connectivity index is 1.44. The first-order valence-electron chi connectivity index (χ1n) is 9.27. The predicted molar refractivity (Wildman–Crippen MR) is 103 cm³/mol. The first-order valence-corrected chi connectivity index (χ1v) is 9.27. The van der Waals surface area contributed by atoms with E-state index in [1.807, 2.05) is 0 Å². The van der Waals surface area contributed by atoms with Crippen molar-refractivity contribution in [1.82, 2.24) is 30.3 Å². The molecule has 1 aliphatic rings. The summed E-state index contributed by atoms with van der Waals surface area (Å²) in [5.41, 5.74) is 9.51. The predicted octanol–water partition coefficient (Wildman–Crippen LogP) is 3.43. The maximum atomic E-state index is 5.57. The number of nitrogens with one attached hydrogen (secondary N) is 1. The molecular formula is C20H19N7O. The van der Waals surface area contributed by atoms with E-state index in [-0.39, 0.29) is 11.9 Å². The summed E-state index contributed by atoms with van der Waals surface area (Å²) < 4.78 is 5.47. The fourth-order valence-corrected chi connectivity index (χ4v) is 3.33.